The van der Waals surface area contributed by atoms with Crippen LogP contribution in [0.5, 0.6) is 0 Å². The first-order valence-corrected chi connectivity index (χ1v) is 2.23. The van der Waals surface area contributed by atoms with Crippen LogP contribution in [0.25, 0.3) is 4.85 Å². The molecular weight excluding hydrogens is 86.1 g/mol. The van der Waals surface area contributed by atoms with Crippen molar-refractivity contribution in [2.75, 3.05) is 7.05 Å². The summed E-state index contributed by atoms with van der Waals surface area (Å²) < 4.78 is 0. The summed E-state index contributed by atoms with van der Waals surface area (Å²) in [6.07, 6.45) is 0.788. The third-order valence-corrected chi connectivity index (χ3v) is 0.539. The van der Waals surface area contributed by atoms with Gasteiger partial charge in [0.15, 0.2) is 0 Å². The molecule has 0 aromatic heterocycles. The van der Waals surface area contributed by atoms with Gasteiger partial charge in [-0.25, -0.2) is 0 Å². The van der Waals surface area contributed by atoms with E-state index < -0.39 is 0 Å². The summed E-state index contributed by atoms with van der Waals surface area (Å²) in [5, 5.41) is 0. The fourth-order valence-corrected chi connectivity index (χ4v) is 0.214. The zero-order chi connectivity index (χ0) is 5.70. The predicted molar refractivity (Wildman–Crippen MR) is 32.6 cm³/mol. The second-order valence-corrected chi connectivity index (χ2v) is 1.52. The van der Waals surface area contributed by atoms with Crippen LogP contribution in [0.1, 0.15) is 13.3 Å². The lowest BCUT2D eigenvalue weighted by molar-refractivity contribution is 1.27. The molecule has 0 saturated carbocycles. The Morgan fingerprint density at radius 2 is 2.43 bits per heavy atom. The molecule has 0 aromatic rings. The summed E-state index contributed by atoms with van der Waals surface area (Å²) in [6, 6.07) is 2.77. The molecule has 0 aromatic carbocycles. The average Bonchev–Trinajstić information content (AvgIpc) is 1.61. The number of rotatable bonds is 1. The molecule has 0 aliphatic carbocycles. The Morgan fingerprint density at radius 1 is 1.86 bits per heavy atom. The van der Waals surface area contributed by atoms with Crippen LogP contribution in [0.3, 0.4) is 0 Å². The lowest BCUT2D eigenvalue weighted by atomic mass is 10.3. The first-order valence-electron chi connectivity index (χ1n) is 2.23. The standard InChI is InChI=1S/C6H10N/c1-6(2)4-5-7-3/h1,4H2,2-3H3/q+1. The molecule has 0 unspecified atom stereocenters. The van der Waals surface area contributed by atoms with Crippen LogP contribution in [-0.2, 0) is 0 Å². The molecule has 1 heteroatoms. The van der Waals surface area contributed by atoms with Crippen LogP contribution in [0.2, 0.25) is 0 Å². The fraction of sp³-hybridized carbons (Fsp3) is 0.500. The van der Waals surface area contributed by atoms with Crippen molar-refractivity contribution < 1.29 is 0 Å². The maximum Gasteiger partial charge on any atom is 0.276 e. The second kappa shape index (κ2) is 3.42. The Hall–Kier alpha value is -0.770. The first-order chi connectivity index (χ1) is 3.27. The van der Waals surface area contributed by atoms with Crippen molar-refractivity contribution in [1.82, 2.24) is 0 Å². The quantitative estimate of drug-likeness (QED) is 0.439. The minimum atomic E-state index is 0.788. The van der Waals surface area contributed by atoms with Gasteiger partial charge in [-0.1, -0.05) is 17.0 Å². The van der Waals surface area contributed by atoms with Crippen LogP contribution in [0.4, 0.5) is 0 Å². The van der Waals surface area contributed by atoms with Gasteiger partial charge in [0.1, 0.15) is 6.42 Å². The zero-order valence-corrected chi connectivity index (χ0v) is 4.86. The summed E-state index contributed by atoms with van der Waals surface area (Å²) in [4.78, 5) is 3.66. The second-order valence-electron chi connectivity index (χ2n) is 1.52. The van der Waals surface area contributed by atoms with Crippen molar-refractivity contribution in [1.29, 1.82) is 0 Å². The highest BCUT2D eigenvalue weighted by Gasteiger charge is 1.82. The van der Waals surface area contributed by atoms with E-state index in [0.29, 0.717) is 0 Å². The van der Waals surface area contributed by atoms with E-state index in [9.17, 15) is 0 Å². The molecule has 0 spiro atoms. The van der Waals surface area contributed by atoms with E-state index in [4.69, 9.17) is 0 Å². The summed E-state index contributed by atoms with van der Waals surface area (Å²) in [5.41, 5.74) is 1.10. The lowest BCUT2D eigenvalue weighted by Crippen LogP contribution is -1.64. The van der Waals surface area contributed by atoms with Gasteiger partial charge >= 0.3 is 0 Å². The van der Waals surface area contributed by atoms with E-state index in [1.54, 1.807) is 7.05 Å². The van der Waals surface area contributed by atoms with Gasteiger partial charge in [0, 0.05) is 0 Å². The Balaban J connectivity index is 3.26. The van der Waals surface area contributed by atoms with Crippen molar-refractivity contribution in [3.63, 3.8) is 0 Å². The number of hydrogen-bond donors (Lipinski definition) is 0. The normalized spacial score (nSPS) is 6.57. The van der Waals surface area contributed by atoms with Gasteiger partial charge in [0.05, 0.1) is 0 Å². The average molecular weight is 96.2 g/mol. The molecule has 0 aliphatic heterocycles. The van der Waals surface area contributed by atoms with Gasteiger partial charge in [0.25, 0.3) is 13.1 Å². The number of nitrogens with zero attached hydrogens (tertiary/aromatic N) is 1. The van der Waals surface area contributed by atoms with Crippen LogP contribution in [-0.4, -0.2) is 7.05 Å². The van der Waals surface area contributed by atoms with Crippen LogP contribution in [0.15, 0.2) is 12.2 Å². The smallest absolute Gasteiger partial charge is 0.0989 e. The molecule has 0 atom stereocenters. The number of allylic oxidation sites excluding steroid dienone is 1. The minimum Gasteiger partial charge on any atom is -0.0989 e. The molecule has 0 aliphatic rings. The monoisotopic (exact) mass is 96.1 g/mol. The van der Waals surface area contributed by atoms with Gasteiger partial charge in [-0.05, 0) is 6.92 Å². The molecule has 38 valence electrons. The van der Waals surface area contributed by atoms with E-state index in [2.05, 4.69) is 17.5 Å². The molecule has 0 bridgehead atoms. The molecule has 0 radical (unpaired) electrons. The van der Waals surface area contributed by atoms with Gasteiger partial charge in [0.2, 0.25) is 0 Å². The lowest BCUT2D eigenvalue weighted by Gasteiger charge is -1.74. The molecular formula is C6H10N+. The summed E-state index contributed by atoms with van der Waals surface area (Å²) in [5.74, 6) is 0. The molecule has 0 heterocycles. The molecule has 0 saturated heterocycles. The third kappa shape index (κ3) is 5.23. The van der Waals surface area contributed by atoms with Crippen LogP contribution < -0.4 is 0 Å². The predicted octanol–water partition coefficient (Wildman–Crippen LogP) is 1.92. The summed E-state index contributed by atoms with van der Waals surface area (Å²) >= 11 is 0. The Labute approximate surface area is 44.5 Å². The van der Waals surface area contributed by atoms with Gasteiger partial charge in [-0.2, -0.15) is 0 Å². The zero-order valence-electron chi connectivity index (χ0n) is 4.86. The SMILES string of the molecule is C=C(C)CC#[N+]C. The van der Waals surface area contributed by atoms with Crippen LogP contribution >= 0.6 is 0 Å². The highest BCUT2D eigenvalue weighted by molar-refractivity contribution is 5.01. The molecule has 7 heavy (non-hydrogen) atoms. The summed E-state index contributed by atoms with van der Waals surface area (Å²) in [7, 11) is 1.71. The Kier molecular flexibility index (Phi) is 3.04. The minimum absolute atomic E-state index is 0.788. The highest BCUT2D eigenvalue weighted by Crippen LogP contribution is 1.90. The van der Waals surface area contributed by atoms with Crippen LogP contribution in [0, 0.1) is 6.07 Å². The van der Waals surface area contributed by atoms with E-state index in [1.165, 1.54) is 0 Å². The van der Waals surface area contributed by atoms with Gasteiger partial charge in [-0.15, -0.1) is 0 Å². The molecule has 0 amide bonds. The van der Waals surface area contributed by atoms with Gasteiger partial charge in [-0.3, -0.25) is 0 Å². The molecule has 0 N–H and O–H groups in total. The Morgan fingerprint density at radius 3 is 2.57 bits per heavy atom. The first kappa shape index (κ1) is 6.23. The van der Waals surface area contributed by atoms with E-state index >= 15 is 0 Å². The van der Waals surface area contributed by atoms with Crippen molar-refractivity contribution in [2.45, 2.75) is 13.3 Å². The maximum absolute atomic E-state index is 3.67. The van der Waals surface area contributed by atoms with Crippen molar-refractivity contribution in [3.05, 3.63) is 17.0 Å². The number of hydrogen-bond acceptors (Lipinski definition) is 0. The van der Waals surface area contributed by atoms with Crippen molar-refractivity contribution in [2.24, 2.45) is 0 Å². The molecule has 0 rings (SSSR count). The largest absolute Gasteiger partial charge is 0.276 e. The van der Waals surface area contributed by atoms with Crippen molar-refractivity contribution in [3.8, 4) is 6.07 Å². The van der Waals surface area contributed by atoms with Crippen molar-refractivity contribution >= 4 is 0 Å². The third-order valence-electron chi connectivity index (χ3n) is 0.539. The van der Waals surface area contributed by atoms with E-state index in [-0.39, 0.29) is 0 Å². The molecule has 1 nitrogen and oxygen atoms in total. The van der Waals surface area contributed by atoms with E-state index in [0.717, 1.165) is 12.0 Å². The maximum atomic E-state index is 3.67. The van der Waals surface area contributed by atoms with E-state index in [1.807, 2.05) is 6.92 Å². The molecule has 0 fully saturated rings. The summed E-state index contributed by atoms with van der Waals surface area (Å²) in [6.45, 7) is 5.63. The Bertz CT molecular complexity index is 114. The fourth-order valence-electron chi connectivity index (χ4n) is 0.214. The van der Waals surface area contributed by atoms with Gasteiger partial charge < -0.3 is 0 Å². The topological polar surface area (TPSA) is 4.36 Å². The highest BCUT2D eigenvalue weighted by atomic mass is 14.6.